The van der Waals surface area contributed by atoms with Crippen molar-refractivity contribution in [2.45, 2.75) is 0 Å². The predicted octanol–water partition coefficient (Wildman–Crippen LogP) is 2.99. The Balaban J connectivity index is 3.18. The van der Waals surface area contributed by atoms with E-state index in [1.807, 2.05) is 0 Å². The lowest BCUT2D eigenvalue weighted by atomic mass is 10.2. The molecule has 0 heterocycles. The Morgan fingerprint density at radius 3 is 2.54 bits per heavy atom. The highest BCUT2D eigenvalue weighted by molar-refractivity contribution is 9.10. The van der Waals surface area contributed by atoms with Crippen LogP contribution < -0.4 is 0 Å². The summed E-state index contributed by atoms with van der Waals surface area (Å²) in [5.41, 5.74) is 0.490. The van der Waals surface area contributed by atoms with Gasteiger partial charge in [0.25, 0.3) is 9.05 Å². The van der Waals surface area contributed by atoms with Crippen molar-refractivity contribution in [3.63, 3.8) is 0 Å². The van der Waals surface area contributed by atoms with Crippen molar-refractivity contribution in [1.82, 2.24) is 0 Å². The summed E-state index contributed by atoms with van der Waals surface area (Å²) in [6.45, 7) is 3.40. The van der Waals surface area contributed by atoms with Gasteiger partial charge in [-0.1, -0.05) is 34.6 Å². The Bertz CT molecular complexity index is 439. The van der Waals surface area contributed by atoms with Crippen LogP contribution in [0.5, 0.6) is 0 Å². The first-order valence-corrected chi connectivity index (χ1v) is 6.41. The highest BCUT2D eigenvalue weighted by Crippen LogP contribution is 2.24. The van der Waals surface area contributed by atoms with Crippen molar-refractivity contribution in [2.75, 3.05) is 0 Å². The molecule has 5 heteroatoms. The van der Waals surface area contributed by atoms with E-state index in [2.05, 4.69) is 22.5 Å². The van der Waals surface area contributed by atoms with Gasteiger partial charge in [0, 0.05) is 15.2 Å². The van der Waals surface area contributed by atoms with E-state index in [1.165, 1.54) is 0 Å². The molecule has 0 N–H and O–H groups in total. The lowest BCUT2D eigenvalue weighted by Crippen LogP contribution is -1.92. The second-order valence-electron chi connectivity index (χ2n) is 2.37. The Labute approximate surface area is 89.8 Å². The largest absolute Gasteiger partial charge is 0.261 e. The van der Waals surface area contributed by atoms with E-state index in [0.29, 0.717) is 5.56 Å². The second-order valence-corrected chi connectivity index (χ2v) is 5.87. The lowest BCUT2D eigenvalue weighted by molar-refractivity contribution is 0.618. The molecular weight excluding hydrogens is 276 g/mol. The third kappa shape index (κ3) is 2.83. The minimum absolute atomic E-state index is 0.0875. The molecule has 0 aliphatic heterocycles. The fourth-order valence-electron chi connectivity index (χ4n) is 0.803. The number of hydrogen-bond acceptors (Lipinski definition) is 2. The van der Waals surface area contributed by atoms with Crippen LogP contribution in [-0.2, 0) is 9.05 Å². The summed E-state index contributed by atoms with van der Waals surface area (Å²) in [6, 6.07) is 6.78. The zero-order chi connectivity index (χ0) is 10.1. The number of halogens is 2. The van der Waals surface area contributed by atoms with E-state index in [1.54, 1.807) is 24.3 Å². The summed E-state index contributed by atoms with van der Waals surface area (Å²) in [4.78, 5) is -0.0875. The molecule has 0 aliphatic carbocycles. The van der Waals surface area contributed by atoms with Gasteiger partial charge in [0.05, 0.1) is 4.91 Å². The van der Waals surface area contributed by atoms with Gasteiger partial charge in [-0.25, -0.2) is 8.42 Å². The van der Waals surface area contributed by atoms with Crippen LogP contribution in [0.4, 0.5) is 0 Å². The SMILES string of the molecule is C=C(c1cccc(Br)c1)S(=O)(=O)Cl. The van der Waals surface area contributed by atoms with Gasteiger partial charge in [-0.3, -0.25) is 0 Å². The maximum absolute atomic E-state index is 10.9. The quantitative estimate of drug-likeness (QED) is 0.781. The molecule has 0 saturated carbocycles. The van der Waals surface area contributed by atoms with Crippen LogP contribution in [0.2, 0.25) is 0 Å². The summed E-state index contributed by atoms with van der Waals surface area (Å²) < 4.78 is 22.6. The molecule has 0 radical (unpaired) electrons. The van der Waals surface area contributed by atoms with E-state index < -0.39 is 9.05 Å². The summed E-state index contributed by atoms with van der Waals surface area (Å²) in [5, 5.41) is 0. The average Bonchev–Trinajstić information content (AvgIpc) is 2.01. The molecule has 0 spiro atoms. The van der Waals surface area contributed by atoms with Crippen LogP contribution in [0, 0.1) is 0 Å². The van der Waals surface area contributed by atoms with E-state index in [4.69, 9.17) is 10.7 Å². The van der Waals surface area contributed by atoms with Gasteiger partial charge in [0.2, 0.25) is 0 Å². The van der Waals surface area contributed by atoms with Crippen molar-refractivity contribution in [1.29, 1.82) is 0 Å². The smallest absolute Gasteiger partial charge is 0.207 e. The molecule has 1 aromatic rings. The topological polar surface area (TPSA) is 34.1 Å². The molecule has 0 aliphatic rings. The van der Waals surface area contributed by atoms with Crippen molar-refractivity contribution in [2.24, 2.45) is 0 Å². The van der Waals surface area contributed by atoms with Gasteiger partial charge in [0.15, 0.2) is 0 Å². The molecule has 0 unspecified atom stereocenters. The average molecular weight is 282 g/mol. The van der Waals surface area contributed by atoms with Crippen LogP contribution >= 0.6 is 26.6 Å². The molecule has 1 rings (SSSR count). The fourth-order valence-corrected chi connectivity index (χ4v) is 1.88. The molecule has 0 aromatic heterocycles. The van der Waals surface area contributed by atoms with Gasteiger partial charge in [-0.05, 0) is 17.7 Å². The zero-order valence-electron chi connectivity index (χ0n) is 6.50. The maximum atomic E-state index is 10.9. The minimum Gasteiger partial charge on any atom is -0.207 e. The first-order chi connectivity index (χ1) is 5.91. The van der Waals surface area contributed by atoms with Gasteiger partial charge in [-0.2, -0.15) is 0 Å². The fraction of sp³-hybridized carbons (Fsp3) is 0. The van der Waals surface area contributed by atoms with Crippen molar-refractivity contribution in [3.05, 3.63) is 40.9 Å². The summed E-state index contributed by atoms with van der Waals surface area (Å²) in [6.07, 6.45) is 0. The summed E-state index contributed by atoms with van der Waals surface area (Å²) in [5.74, 6) is 0. The molecule has 2 nitrogen and oxygen atoms in total. The molecular formula is C8H6BrClO2S. The summed E-state index contributed by atoms with van der Waals surface area (Å²) in [7, 11) is 1.41. The predicted molar refractivity (Wildman–Crippen MR) is 57.9 cm³/mol. The third-order valence-corrected chi connectivity index (χ3v) is 3.32. The highest BCUT2D eigenvalue weighted by Gasteiger charge is 2.13. The van der Waals surface area contributed by atoms with Gasteiger partial charge < -0.3 is 0 Å². The monoisotopic (exact) mass is 280 g/mol. The third-order valence-electron chi connectivity index (χ3n) is 1.44. The van der Waals surface area contributed by atoms with Crippen molar-refractivity contribution in [3.8, 4) is 0 Å². The highest BCUT2D eigenvalue weighted by atomic mass is 79.9. The van der Waals surface area contributed by atoms with Crippen LogP contribution in [0.3, 0.4) is 0 Å². The second kappa shape index (κ2) is 3.82. The number of rotatable bonds is 2. The Morgan fingerprint density at radius 1 is 1.46 bits per heavy atom. The normalized spacial score (nSPS) is 11.2. The van der Waals surface area contributed by atoms with E-state index in [0.717, 1.165) is 4.47 Å². The summed E-state index contributed by atoms with van der Waals surface area (Å²) >= 11 is 3.22. The molecule has 13 heavy (non-hydrogen) atoms. The molecule has 0 atom stereocenters. The van der Waals surface area contributed by atoms with E-state index in [9.17, 15) is 8.42 Å². The Morgan fingerprint density at radius 2 is 2.08 bits per heavy atom. The number of benzene rings is 1. The molecule has 1 aromatic carbocycles. The Hall–Kier alpha value is -0.320. The van der Waals surface area contributed by atoms with E-state index >= 15 is 0 Å². The van der Waals surface area contributed by atoms with Gasteiger partial charge in [-0.15, -0.1) is 0 Å². The maximum Gasteiger partial charge on any atom is 0.261 e. The molecule has 0 fully saturated rings. The van der Waals surface area contributed by atoms with Crippen LogP contribution in [0.1, 0.15) is 5.56 Å². The van der Waals surface area contributed by atoms with Crippen molar-refractivity contribution < 1.29 is 8.42 Å². The first-order valence-electron chi connectivity index (χ1n) is 3.31. The lowest BCUT2D eigenvalue weighted by Gasteiger charge is -2.01. The van der Waals surface area contributed by atoms with Crippen molar-refractivity contribution >= 4 is 40.6 Å². The molecule has 0 saturated heterocycles. The first kappa shape index (κ1) is 10.8. The van der Waals surface area contributed by atoms with Crippen LogP contribution in [0.15, 0.2) is 35.3 Å². The molecule has 0 bridgehead atoms. The van der Waals surface area contributed by atoms with Crippen LogP contribution in [-0.4, -0.2) is 8.42 Å². The van der Waals surface area contributed by atoms with Gasteiger partial charge >= 0.3 is 0 Å². The molecule has 0 amide bonds. The van der Waals surface area contributed by atoms with E-state index in [-0.39, 0.29) is 4.91 Å². The van der Waals surface area contributed by atoms with Gasteiger partial charge in [0.1, 0.15) is 0 Å². The molecule has 70 valence electrons. The number of hydrogen-bond donors (Lipinski definition) is 0. The zero-order valence-corrected chi connectivity index (χ0v) is 9.66. The standard InChI is InChI=1S/C8H6BrClO2S/c1-6(13(10,11)12)7-3-2-4-8(9)5-7/h2-5H,1H2. The minimum atomic E-state index is -3.72. The van der Waals surface area contributed by atoms with Crippen LogP contribution in [0.25, 0.3) is 4.91 Å². The Kier molecular flexibility index (Phi) is 3.16.